The first-order valence-electron chi connectivity index (χ1n) is 10.8. The molecule has 2 aromatic rings. The molecule has 2 aromatic carbocycles. The number of aliphatic hydroxyl groups is 1. The Bertz CT molecular complexity index is 956. The van der Waals surface area contributed by atoms with E-state index in [-0.39, 0.29) is 23.2 Å². The third kappa shape index (κ3) is 4.55. The number of likely N-dealkylation sites (N-methyl/N-ethyl adjacent to an activating group) is 1. The predicted molar refractivity (Wildman–Crippen MR) is 129 cm³/mol. The van der Waals surface area contributed by atoms with Crippen molar-refractivity contribution in [2.45, 2.75) is 24.2 Å². The summed E-state index contributed by atoms with van der Waals surface area (Å²) >= 11 is 1.58. The zero-order chi connectivity index (χ0) is 22.7. The number of aliphatic hydroxyl groups excluding tert-OH is 1. The van der Waals surface area contributed by atoms with Gasteiger partial charge in [0.25, 0.3) is 0 Å². The summed E-state index contributed by atoms with van der Waals surface area (Å²) in [6.07, 6.45) is 5.56. The normalized spacial score (nSPS) is 21.8. The van der Waals surface area contributed by atoms with E-state index in [2.05, 4.69) is 11.4 Å². The summed E-state index contributed by atoms with van der Waals surface area (Å²) < 4.78 is 0. The monoisotopic (exact) mass is 450 g/mol. The summed E-state index contributed by atoms with van der Waals surface area (Å²) in [5.74, 6) is 0.491. The number of β-lactam (4-membered cyclic amide) rings is 1. The highest BCUT2D eigenvalue weighted by Crippen LogP contribution is 2.39. The van der Waals surface area contributed by atoms with E-state index in [1.54, 1.807) is 16.7 Å². The quantitative estimate of drug-likeness (QED) is 0.424. The van der Waals surface area contributed by atoms with Gasteiger partial charge in [0.1, 0.15) is 0 Å². The number of carbonyl (C=O) groups is 1. The zero-order valence-electron chi connectivity index (χ0n) is 18.4. The molecular formula is C25H30N4O2S. The molecule has 0 aliphatic carbocycles. The Kier molecular flexibility index (Phi) is 6.89. The Morgan fingerprint density at radius 2 is 1.72 bits per heavy atom. The van der Waals surface area contributed by atoms with Gasteiger partial charge in [-0.2, -0.15) is 0 Å². The third-order valence-corrected chi connectivity index (χ3v) is 7.17. The first-order chi connectivity index (χ1) is 15.5. The number of carbonyl (C=O) groups excluding carboxylic acids is 1. The van der Waals surface area contributed by atoms with Gasteiger partial charge in [-0.1, -0.05) is 66.7 Å². The second kappa shape index (κ2) is 9.81. The summed E-state index contributed by atoms with van der Waals surface area (Å²) in [6.45, 7) is 0.742. The smallest absolute Gasteiger partial charge is 0.232 e. The molecule has 1 amide bonds. The van der Waals surface area contributed by atoms with Crippen LogP contribution in [0.1, 0.15) is 23.6 Å². The standard InChI is InChI=1S/C25H30N4O2S/c1-28-14-13-17(16-21(28)26)15-20-23(30)29(24(20)32-2)25(31)27-22(18-9-5-3-6-10-18)19-11-7-4-8-12-19/h3-13,16,20,22,24-25,27,31H,14-15,26H2,1-2H3/t20-,24?,25?/m0/s1. The Morgan fingerprint density at radius 3 is 2.25 bits per heavy atom. The number of amides is 1. The van der Waals surface area contributed by atoms with Crippen molar-refractivity contribution in [3.8, 4) is 0 Å². The molecule has 6 nitrogen and oxygen atoms in total. The molecule has 2 aliphatic heterocycles. The first-order valence-corrected chi connectivity index (χ1v) is 12.0. The number of nitrogens with one attached hydrogen (secondary N) is 1. The van der Waals surface area contributed by atoms with Crippen LogP contribution < -0.4 is 11.1 Å². The van der Waals surface area contributed by atoms with Crippen molar-refractivity contribution >= 4 is 17.7 Å². The van der Waals surface area contributed by atoms with Crippen LogP contribution in [0.15, 0.2) is 84.2 Å². The third-order valence-electron chi connectivity index (χ3n) is 6.13. The highest BCUT2D eigenvalue weighted by Gasteiger charge is 2.50. The van der Waals surface area contributed by atoms with Gasteiger partial charge in [-0.15, -0.1) is 11.8 Å². The number of nitrogens with two attached hydrogens (primary N) is 1. The van der Waals surface area contributed by atoms with Crippen LogP contribution in [0, 0.1) is 5.92 Å². The van der Waals surface area contributed by atoms with Crippen molar-refractivity contribution in [3.05, 3.63) is 95.3 Å². The number of hydrogen-bond acceptors (Lipinski definition) is 6. The molecule has 2 heterocycles. The lowest BCUT2D eigenvalue weighted by Gasteiger charge is -2.49. The Balaban J connectivity index is 1.48. The lowest BCUT2D eigenvalue weighted by atomic mass is 9.89. The lowest BCUT2D eigenvalue weighted by molar-refractivity contribution is -0.170. The average Bonchev–Trinajstić information content (AvgIpc) is 2.82. The molecule has 1 saturated heterocycles. The number of benzene rings is 2. The molecule has 1 fully saturated rings. The van der Waals surface area contributed by atoms with Gasteiger partial charge < -0.3 is 15.7 Å². The van der Waals surface area contributed by atoms with E-state index in [4.69, 9.17) is 5.73 Å². The van der Waals surface area contributed by atoms with Gasteiger partial charge >= 0.3 is 0 Å². The fraction of sp³-hybridized carbons (Fsp3) is 0.320. The molecule has 4 N–H and O–H groups in total. The van der Waals surface area contributed by atoms with E-state index in [1.807, 2.05) is 84.9 Å². The lowest BCUT2D eigenvalue weighted by Crippen LogP contribution is -2.66. The van der Waals surface area contributed by atoms with Crippen LogP contribution in [0.5, 0.6) is 0 Å². The molecule has 0 saturated carbocycles. The highest BCUT2D eigenvalue weighted by atomic mass is 32.2. The second-order valence-electron chi connectivity index (χ2n) is 8.21. The van der Waals surface area contributed by atoms with E-state index >= 15 is 0 Å². The number of hydrogen-bond donors (Lipinski definition) is 3. The molecular weight excluding hydrogens is 420 g/mol. The minimum atomic E-state index is -1.09. The van der Waals surface area contributed by atoms with Crippen LogP contribution in [0.3, 0.4) is 0 Å². The molecule has 4 rings (SSSR count). The highest BCUT2D eigenvalue weighted by molar-refractivity contribution is 7.99. The molecule has 2 unspecified atom stereocenters. The van der Waals surface area contributed by atoms with Crippen molar-refractivity contribution in [3.63, 3.8) is 0 Å². The number of rotatable bonds is 8. The van der Waals surface area contributed by atoms with Crippen molar-refractivity contribution in [1.29, 1.82) is 0 Å². The van der Waals surface area contributed by atoms with Gasteiger partial charge in [0.05, 0.1) is 23.2 Å². The van der Waals surface area contributed by atoms with Gasteiger partial charge in [0.15, 0.2) is 6.35 Å². The maximum atomic E-state index is 13.1. The first kappa shape index (κ1) is 22.5. The van der Waals surface area contributed by atoms with Crippen LogP contribution in [-0.2, 0) is 4.79 Å². The van der Waals surface area contributed by atoms with E-state index in [0.717, 1.165) is 23.2 Å². The number of nitrogens with zero attached hydrogens (tertiary/aromatic N) is 2. The molecule has 0 aromatic heterocycles. The number of thioether (sulfide) groups is 1. The Labute approximate surface area is 193 Å². The van der Waals surface area contributed by atoms with Crippen molar-refractivity contribution < 1.29 is 9.90 Å². The van der Waals surface area contributed by atoms with Crippen LogP contribution >= 0.6 is 11.8 Å². The van der Waals surface area contributed by atoms with Crippen molar-refractivity contribution in [2.24, 2.45) is 11.7 Å². The van der Waals surface area contributed by atoms with Gasteiger partial charge in [-0.25, -0.2) is 0 Å². The van der Waals surface area contributed by atoms with E-state index in [1.165, 1.54) is 0 Å². The second-order valence-corrected chi connectivity index (χ2v) is 9.16. The molecule has 168 valence electrons. The zero-order valence-corrected chi connectivity index (χ0v) is 19.2. The Morgan fingerprint density at radius 1 is 1.12 bits per heavy atom. The van der Waals surface area contributed by atoms with Crippen molar-refractivity contribution in [1.82, 2.24) is 15.1 Å². The van der Waals surface area contributed by atoms with Crippen LogP contribution in [0.2, 0.25) is 0 Å². The predicted octanol–water partition coefficient (Wildman–Crippen LogP) is 2.85. The summed E-state index contributed by atoms with van der Waals surface area (Å²) in [6, 6.07) is 19.7. The number of allylic oxidation sites excluding steroid dienone is 2. The SMILES string of the molecule is CSC1[C@@H](CC2=CCN(C)C(N)=C2)C(=O)N1C(O)NC(c1ccccc1)c1ccccc1. The average molecular weight is 451 g/mol. The summed E-state index contributed by atoms with van der Waals surface area (Å²) in [7, 11) is 1.94. The summed E-state index contributed by atoms with van der Waals surface area (Å²) in [5, 5.41) is 14.2. The fourth-order valence-electron chi connectivity index (χ4n) is 4.30. The maximum Gasteiger partial charge on any atom is 0.232 e. The number of likely N-dealkylation sites (tertiary alicyclic amines) is 1. The summed E-state index contributed by atoms with van der Waals surface area (Å²) in [4.78, 5) is 16.6. The van der Waals surface area contributed by atoms with Crippen LogP contribution in [-0.4, -0.2) is 52.4 Å². The van der Waals surface area contributed by atoms with Gasteiger partial charge in [-0.3, -0.25) is 15.0 Å². The minimum Gasteiger partial charge on any atom is -0.385 e. The van der Waals surface area contributed by atoms with Crippen molar-refractivity contribution in [2.75, 3.05) is 19.8 Å². The van der Waals surface area contributed by atoms with E-state index in [0.29, 0.717) is 12.2 Å². The van der Waals surface area contributed by atoms with Crippen LogP contribution in [0.4, 0.5) is 0 Å². The fourth-order valence-corrected chi connectivity index (χ4v) is 5.28. The molecule has 0 bridgehead atoms. The molecule has 7 heteroatoms. The molecule has 32 heavy (non-hydrogen) atoms. The Hall–Kier alpha value is -2.74. The van der Waals surface area contributed by atoms with Gasteiger partial charge in [0.2, 0.25) is 5.91 Å². The topological polar surface area (TPSA) is 81.8 Å². The largest absolute Gasteiger partial charge is 0.385 e. The molecule has 2 aliphatic rings. The maximum absolute atomic E-state index is 13.1. The molecule has 0 radical (unpaired) electrons. The molecule has 0 spiro atoms. The van der Waals surface area contributed by atoms with E-state index in [9.17, 15) is 9.90 Å². The van der Waals surface area contributed by atoms with Gasteiger partial charge in [0, 0.05) is 13.6 Å². The summed E-state index contributed by atoms with van der Waals surface area (Å²) in [5.41, 5.74) is 9.17. The minimum absolute atomic E-state index is 0.0453. The van der Waals surface area contributed by atoms with Gasteiger partial charge in [-0.05, 0) is 35.5 Å². The van der Waals surface area contributed by atoms with Crippen LogP contribution in [0.25, 0.3) is 0 Å². The van der Waals surface area contributed by atoms with E-state index < -0.39 is 6.35 Å². The molecule has 3 atom stereocenters.